The SMILES string of the molecule is CN(C)CCCNC(=O)c1cc(-c2ccc(Cl)s2)n(C)n1. The second kappa shape index (κ2) is 7.06. The number of rotatable bonds is 6. The molecule has 0 saturated heterocycles. The Bertz CT molecular complexity index is 620. The molecule has 5 nitrogen and oxygen atoms in total. The summed E-state index contributed by atoms with van der Waals surface area (Å²) >= 11 is 7.42. The van der Waals surface area contributed by atoms with Crippen molar-refractivity contribution in [2.75, 3.05) is 27.2 Å². The highest BCUT2D eigenvalue weighted by molar-refractivity contribution is 7.19. The largest absolute Gasteiger partial charge is 0.351 e. The molecule has 1 amide bonds. The molecular weight excluding hydrogens is 308 g/mol. The molecule has 114 valence electrons. The quantitative estimate of drug-likeness (QED) is 0.830. The normalized spacial score (nSPS) is 11.1. The molecule has 0 unspecified atom stereocenters. The third-order valence-electron chi connectivity index (χ3n) is 3.01. The molecule has 2 aromatic rings. The first-order valence-electron chi connectivity index (χ1n) is 6.70. The van der Waals surface area contributed by atoms with E-state index in [1.54, 1.807) is 10.7 Å². The van der Waals surface area contributed by atoms with Crippen LogP contribution in [0.25, 0.3) is 10.6 Å². The Hall–Kier alpha value is -1.37. The van der Waals surface area contributed by atoms with Gasteiger partial charge in [0.15, 0.2) is 5.69 Å². The lowest BCUT2D eigenvalue weighted by molar-refractivity contribution is 0.0946. The van der Waals surface area contributed by atoms with Crippen molar-refractivity contribution < 1.29 is 4.79 Å². The van der Waals surface area contributed by atoms with E-state index in [-0.39, 0.29) is 5.91 Å². The number of thiophene rings is 1. The fraction of sp³-hybridized carbons (Fsp3) is 0.429. The van der Waals surface area contributed by atoms with Gasteiger partial charge in [0, 0.05) is 13.6 Å². The number of nitrogens with one attached hydrogen (secondary N) is 1. The molecule has 0 atom stereocenters. The third kappa shape index (κ3) is 4.30. The number of amides is 1. The highest BCUT2D eigenvalue weighted by Gasteiger charge is 2.14. The summed E-state index contributed by atoms with van der Waals surface area (Å²) in [5.41, 5.74) is 1.33. The molecule has 2 rings (SSSR count). The Balaban J connectivity index is 1.99. The Morgan fingerprint density at radius 1 is 1.48 bits per heavy atom. The zero-order valence-corrected chi connectivity index (χ0v) is 14.0. The molecule has 1 N–H and O–H groups in total. The van der Waals surface area contributed by atoms with Gasteiger partial charge >= 0.3 is 0 Å². The van der Waals surface area contributed by atoms with Gasteiger partial charge in [-0.2, -0.15) is 5.10 Å². The number of nitrogens with zero attached hydrogens (tertiary/aromatic N) is 3. The zero-order chi connectivity index (χ0) is 15.4. The van der Waals surface area contributed by atoms with Gasteiger partial charge in [0.05, 0.1) is 14.9 Å². The summed E-state index contributed by atoms with van der Waals surface area (Å²) in [4.78, 5) is 15.2. The monoisotopic (exact) mass is 326 g/mol. The van der Waals surface area contributed by atoms with Crippen molar-refractivity contribution in [2.24, 2.45) is 7.05 Å². The molecule has 0 bridgehead atoms. The number of aryl methyl sites for hydroxylation is 1. The van der Waals surface area contributed by atoms with Crippen molar-refractivity contribution in [2.45, 2.75) is 6.42 Å². The number of halogens is 1. The van der Waals surface area contributed by atoms with E-state index < -0.39 is 0 Å². The van der Waals surface area contributed by atoms with Gasteiger partial charge in [0.1, 0.15) is 0 Å². The van der Waals surface area contributed by atoms with Gasteiger partial charge < -0.3 is 10.2 Å². The van der Waals surface area contributed by atoms with E-state index in [1.165, 1.54) is 11.3 Å². The highest BCUT2D eigenvalue weighted by atomic mass is 35.5. The number of carbonyl (C=O) groups excluding carboxylic acids is 1. The van der Waals surface area contributed by atoms with Gasteiger partial charge in [-0.15, -0.1) is 11.3 Å². The minimum Gasteiger partial charge on any atom is -0.351 e. The van der Waals surface area contributed by atoms with Crippen molar-refractivity contribution in [1.82, 2.24) is 20.0 Å². The van der Waals surface area contributed by atoms with Crippen LogP contribution in [-0.4, -0.2) is 47.8 Å². The summed E-state index contributed by atoms with van der Waals surface area (Å²) < 4.78 is 2.43. The average Bonchev–Trinajstić information content (AvgIpc) is 3.00. The van der Waals surface area contributed by atoms with Crippen LogP contribution in [0.15, 0.2) is 18.2 Å². The fourth-order valence-corrected chi connectivity index (χ4v) is 3.04. The fourth-order valence-electron chi connectivity index (χ4n) is 1.95. The molecule has 0 spiro atoms. The van der Waals surface area contributed by atoms with E-state index in [0.717, 1.165) is 27.9 Å². The van der Waals surface area contributed by atoms with E-state index in [1.807, 2.05) is 33.3 Å². The standard InChI is InChI=1S/C14H19ClN4OS/c1-18(2)8-4-7-16-14(20)10-9-11(19(3)17-10)12-5-6-13(15)21-12/h5-6,9H,4,7-8H2,1-3H3,(H,16,20). The van der Waals surface area contributed by atoms with Crippen LogP contribution >= 0.6 is 22.9 Å². The zero-order valence-electron chi connectivity index (χ0n) is 12.4. The Morgan fingerprint density at radius 3 is 2.86 bits per heavy atom. The van der Waals surface area contributed by atoms with E-state index in [4.69, 9.17) is 11.6 Å². The van der Waals surface area contributed by atoms with Crippen LogP contribution in [0.2, 0.25) is 4.34 Å². The molecule has 0 aliphatic carbocycles. The predicted octanol–water partition coefficient (Wildman–Crippen LogP) is 2.48. The van der Waals surface area contributed by atoms with Crippen molar-refractivity contribution in [1.29, 1.82) is 0 Å². The van der Waals surface area contributed by atoms with Crippen LogP contribution in [0.3, 0.4) is 0 Å². The van der Waals surface area contributed by atoms with Crippen molar-refractivity contribution in [3.63, 3.8) is 0 Å². The molecule has 0 aliphatic heterocycles. The van der Waals surface area contributed by atoms with E-state index in [9.17, 15) is 4.79 Å². The van der Waals surface area contributed by atoms with Crippen LogP contribution in [0.4, 0.5) is 0 Å². The molecule has 0 radical (unpaired) electrons. The summed E-state index contributed by atoms with van der Waals surface area (Å²) in [6.07, 6.45) is 0.916. The second-order valence-electron chi connectivity index (χ2n) is 5.05. The number of carbonyl (C=O) groups is 1. The lowest BCUT2D eigenvalue weighted by atomic mass is 10.3. The van der Waals surface area contributed by atoms with E-state index in [2.05, 4.69) is 15.3 Å². The molecule has 0 aromatic carbocycles. The Labute approximate surface area is 133 Å². The number of hydrogen-bond donors (Lipinski definition) is 1. The molecule has 2 heterocycles. The van der Waals surface area contributed by atoms with Crippen LogP contribution in [0.5, 0.6) is 0 Å². The van der Waals surface area contributed by atoms with Crippen molar-refractivity contribution >= 4 is 28.8 Å². The number of hydrogen-bond acceptors (Lipinski definition) is 4. The summed E-state index contributed by atoms with van der Waals surface area (Å²) in [7, 11) is 5.85. The first-order chi connectivity index (χ1) is 9.97. The molecule has 2 aromatic heterocycles. The van der Waals surface area contributed by atoms with E-state index in [0.29, 0.717) is 12.2 Å². The minimum atomic E-state index is -0.141. The Morgan fingerprint density at radius 2 is 2.24 bits per heavy atom. The summed E-state index contributed by atoms with van der Waals surface area (Å²) in [5, 5.41) is 7.16. The van der Waals surface area contributed by atoms with Crippen LogP contribution in [0, 0.1) is 0 Å². The second-order valence-corrected chi connectivity index (χ2v) is 6.77. The topological polar surface area (TPSA) is 50.2 Å². The number of aromatic nitrogens is 2. The van der Waals surface area contributed by atoms with Crippen LogP contribution in [-0.2, 0) is 7.05 Å². The van der Waals surface area contributed by atoms with Gasteiger partial charge in [-0.1, -0.05) is 11.6 Å². The van der Waals surface area contributed by atoms with Crippen molar-refractivity contribution in [3.8, 4) is 10.6 Å². The van der Waals surface area contributed by atoms with Crippen LogP contribution in [0.1, 0.15) is 16.9 Å². The lowest BCUT2D eigenvalue weighted by Gasteiger charge is -2.09. The summed E-state index contributed by atoms with van der Waals surface area (Å²) in [5.74, 6) is -0.141. The van der Waals surface area contributed by atoms with Gasteiger partial charge in [0.25, 0.3) is 5.91 Å². The molecule has 7 heteroatoms. The molecule has 0 fully saturated rings. The molecular formula is C14H19ClN4OS. The summed E-state index contributed by atoms with van der Waals surface area (Å²) in [6, 6.07) is 5.57. The van der Waals surface area contributed by atoms with Gasteiger partial charge in [-0.05, 0) is 45.3 Å². The first-order valence-corrected chi connectivity index (χ1v) is 7.89. The molecule has 0 saturated carbocycles. The van der Waals surface area contributed by atoms with Gasteiger partial charge in [-0.3, -0.25) is 9.48 Å². The third-order valence-corrected chi connectivity index (χ3v) is 4.26. The average molecular weight is 327 g/mol. The summed E-state index contributed by atoms with van der Waals surface area (Å²) in [6.45, 7) is 1.59. The maximum atomic E-state index is 12.1. The maximum Gasteiger partial charge on any atom is 0.271 e. The predicted molar refractivity (Wildman–Crippen MR) is 87.0 cm³/mol. The highest BCUT2D eigenvalue weighted by Crippen LogP contribution is 2.30. The van der Waals surface area contributed by atoms with Gasteiger partial charge in [0.2, 0.25) is 0 Å². The smallest absolute Gasteiger partial charge is 0.271 e. The van der Waals surface area contributed by atoms with Crippen LogP contribution < -0.4 is 5.32 Å². The Kier molecular flexibility index (Phi) is 5.39. The van der Waals surface area contributed by atoms with Crippen molar-refractivity contribution in [3.05, 3.63) is 28.2 Å². The minimum absolute atomic E-state index is 0.141. The van der Waals surface area contributed by atoms with E-state index >= 15 is 0 Å². The molecule has 21 heavy (non-hydrogen) atoms. The maximum absolute atomic E-state index is 12.1. The lowest BCUT2D eigenvalue weighted by Crippen LogP contribution is -2.27. The first kappa shape index (κ1) is 16.0. The van der Waals surface area contributed by atoms with Gasteiger partial charge in [-0.25, -0.2) is 0 Å². The molecule has 0 aliphatic rings.